The van der Waals surface area contributed by atoms with Crippen molar-refractivity contribution in [3.63, 3.8) is 0 Å². The first-order chi connectivity index (χ1) is 16.0. The van der Waals surface area contributed by atoms with Crippen molar-refractivity contribution in [3.8, 4) is 5.75 Å². The second kappa shape index (κ2) is 10.3. The molecule has 0 unspecified atom stereocenters. The highest BCUT2D eigenvalue weighted by Gasteiger charge is 2.28. The van der Waals surface area contributed by atoms with Gasteiger partial charge in [0.25, 0.3) is 0 Å². The van der Waals surface area contributed by atoms with Crippen LogP contribution in [0.3, 0.4) is 0 Å². The van der Waals surface area contributed by atoms with Gasteiger partial charge in [-0.15, -0.1) is 0 Å². The molecular formula is C26H33N3O4. The van der Waals surface area contributed by atoms with Gasteiger partial charge in [-0.1, -0.05) is 12.5 Å². The Balaban J connectivity index is 1.70. The molecule has 1 aliphatic rings. The molecule has 2 aromatic carbocycles. The Bertz CT molecular complexity index is 1120. The second-order valence-corrected chi connectivity index (χ2v) is 8.65. The number of aromatic nitrogens is 1. The van der Waals surface area contributed by atoms with Crippen molar-refractivity contribution >= 4 is 22.6 Å². The summed E-state index contributed by atoms with van der Waals surface area (Å²) in [5, 5.41) is 14.1. The Morgan fingerprint density at radius 2 is 2.09 bits per heavy atom. The van der Waals surface area contributed by atoms with Crippen molar-refractivity contribution < 1.29 is 19.4 Å². The van der Waals surface area contributed by atoms with Crippen LogP contribution >= 0.6 is 0 Å². The van der Waals surface area contributed by atoms with Gasteiger partial charge in [-0.2, -0.15) is 0 Å². The largest absolute Gasteiger partial charge is 0.496 e. The van der Waals surface area contributed by atoms with Crippen molar-refractivity contribution in [2.45, 2.75) is 38.8 Å². The van der Waals surface area contributed by atoms with Crippen LogP contribution in [-0.4, -0.2) is 54.9 Å². The first-order valence-electron chi connectivity index (χ1n) is 11.5. The Kier molecular flexibility index (Phi) is 7.20. The third kappa shape index (κ3) is 4.84. The van der Waals surface area contributed by atoms with E-state index in [1.165, 1.54) is 16.5 Å². The van der Waals surface area contributed by atoms with Gasteiger partial charge >= 0.3 is 5.97 Å². The summed E-state index contributed by atoms with van der Waals surface area (Å²) in [7, 11) is 3.39. The smallest absolute Gasteiger partial charge is 0.335 e. The van der Waals surface area contributed by atoms with Gasteiger partial charge in [-0.3, -0.25) is 4.90 Å². The lowest BCUT2D eigenvalue weighted by molar-refractivity contribution is 0.0697. The van der Waals surface area contributed by atoms with Crippen LogP contribution in [-0.2, 0) is 11.3 Å². The number of carboxylic acid groups (broad SMARTS) is 1. The van der Waals surface area contributed by atoms with Crippen molar-refractivity contribution in [1.29, 1.82) is 0 Å². The summed E-state index contributed by atoms with van der Waals surface area (Å²) in [6.07, 6.45) is 5.29. The number of carbonyl (C=O) groups is 1. The van der Waals surface area contributed by atoms with E-state index in [1.54, 1.807) is 26.4 Å². The minimum atomic E-state index is -0.920. The number of carboxylic acids is 1. The number of nitrogens with zero attached hydrogens (tertiary/aromatic N) is 1. The number of aromatic amines is 1. The molecule has 0 aliphatic carbocycles. The average molecular weight is 452 g/mol. The maximum atomic E-state index is 11.6. The van der Waals surface area contributed by atoms with Crippen molar-refractivity contribution in [2.24, 2.45) is 0 Å². The van der Waals surface area contributed by atoms with Crippen LogP contribution in [0.2, 0.25) is 0 Å². The Hall–Kier alpha value is -3.03. The summed E-state index contributed by atoms with van der Waals surface area (Å²) >= 11 is 0. The molecule has 1 aliphatic heterocycles. The summed E-state index contributed by atoms with van der Waals surface area (Å²) in [6.45, 7) is 5.01. The lowest BCUT2D eigenvalue weighted by atomic mass is 9.92. The fourth-order valence-electron chi connectivity index (χ4n) is 4.94. The van der Waals surface area contributed by atoms with Gasteiger partial charge in [-0.25, -0.2) is 4.79 Å². The van der Waals surface area contributed by atoms with Gasteiger partial charge in [0.1, 0.15) is 5.75 Å². The zero-order chi connectivity index (χ0) is 23.4. The number of hydrogen-bond acceptors (Lipinski definition) is 5. The highest BCUT2D eigenvalue weighted by molar-refractivity contribution is 5.89. The first kappa shape index (κ1) is 23.1. The number of methoxy groups -OCH3 is 2. The number of hydrogen-bond donors (Lipinski definition) is 3. The Labute approximate surface area is 194 Å². The summed E-state index contributed by atoms with van der Waals surface area (Å²) in [6, 6.07) is 9.84. The highest BCUT2D eigenvalue weighted by atomic mass is 16.5. The zero-order valence-corrected chi connectivity index (χ0v) is 19.6. The fourth-order valence-corrected chi connectivity index (χ4v) is 4.94. The number of aryl methyl sites for hydroxylation is 1. The summed E-state index contributed by atoms with van der Waals surface area (Å²) in [4.78, 5) is 17.5. The monoisotopic (exact) mass is 451 g/mol. The number of aromatic carboxylic acids is 1. The van der Waals surface area contributed by atoms with E-state index in [0.717, 1.165) is 54.9 Å². The maximum absolute atomic E-state index is 11.6. The standard InChI is InChI=1S/C26H33N3O4/c1-17-14-24(33-3)21(19-9-10-28-25(17)19)16-29-12-5-4-6-23(29)20-8-7-18(26(30)31)15-22(20)27-11-13-32-2/h7-10,14-15,23,27-28H,4-6,11-13,16H2,1-3H3,(H,30,31)/t23-/m1/s1. The van der Waals surface area contributed by atoms with Gasteiger partial charge in [0.15, 0.2) is 0 Å². The molecule has 7 heteroatoms. The maximum Gasteiger partial charge on any atom is 0.335 e. The lowest BCUT2D eigenvalue weighted by Crippen LogP contribution is -2.33. The molecule has 7 nitrogen and oxygen atoms in total. The molecule has 0 amide bonds. The summed E-state index contributed by atoms with van der Waals surface area (Å²) < 4.78 is 11.0. The molecule has 1 aromatic heterocycles. The third-order valence-electron chi connectivity index (χ3n) is 6.59. The topological polar surface area (TPSA) is 86.8 Å². The van der Waals surface area contributed by atoms with E-state index in [9.17, 15) is 9.90 Å². The van der Waals surface area contributed by atoms with E-state index in [4.69, 9.17) is 9.47 Å². The second-order valence-electron chi connectivity index (χ2n) is 8.65. The minimum absolute atomic E-state index is 0.187. The number of likely N-dealkylation sites (tertiary alicyclic amines) is 1. The van der Waals surface area contributed by atoms with E-state index in [-0.39, 0.29) is 11.6 Å². The van der Waals surface area contributed by atoms with Crippen molar-refractivity contribution in [2.75, 3.05) is 39.2 Å². The minimum Gasteiger partial charge on any atom is -0.496 e. The molecule has 4 rings (SSSR count). The molecule has 3 N–H and O–H groups in total. The quantitative estimate of drug-likeness (QED) is 0.398. The van der Waals surface area contributed by atoms with E-state index in [2.05, 4.69) is 34.3 Å². The van der Waals surface area contributed by atoms with Crippen LogP contribution in [0, 0.1) is 6.92 Å². The number of nitrogens with one attached hydrogen (secondary N) is 2. The van der Waals surface area contributed by atoms with E-state index in [0.29, 0.717) is 13.2 Å². The lowest BCUT2D eigenvalue weighted by Gasteiger charge is -2.37. The molecule has 0 radical (unpaired) electrons. The summed E-state index contributed by atoms with van der Waals surface area (Å²) in [5.74, 6) is -0.0142. The highest BCUT2D eigenvalue weighted by Crippen LogP contribution is 2.39. The Morgan fingerprint density at radius 1 is 1.24 bits per heavy atom. The van der Waals surface area contributed by atoms with Crippen molar-refractivity contribution in [1.82, 2.24) is 9.88 Å². The number of fused-ring (bicyclic) bond motifs is 1. The van der Waals surface area contributed by atoms with Crippen molar-refractivity contribution in [3.05, 3.63) is 58.8 Å². The van der Waals surface area contributed by atoms with Gasteiger partial charge < -0.3 is 24.9 Å². The molecule has 0 spiro atoms. The predicted molar refractivity (Wildman–Crippen MR) is 130 cm³/mol. The van der Waals surface area contributed by atoms with Crippen LogP contribution < -0.4 is 10.1 Å². The van der Waals surface area contributed by atoms with Gasteiger partial charge in [0.05, 0.1) is 19.3 Å². The van der Waals surface area contributed by atoms with Gasteiger partial charge in [0.2, 0.25) is 0 Å². The van der Waals surface area contributed by atoms with Gasteiger partial charge in [-0.05, 0) is 61.7 Å². The normalized spacial score (nSPS) is 16.8. The van der Waals surface area contributed by atoms with Crippen LogP contribution in [0.25, 0.3) is 10.9 Å². The molecule has 0 bridgehead atoms. The molecule has 1 fully saturated rings. The first-order valence-corrected chi connectivity index (χ1v) is 11.5. The van der Waals surface area contributed by atoms with Crippen LogP contribution in [0.4, 0.5) is 5.69 Å². The van der Waals surface area contributed by atoms with Crippen LogP contribution in [0.1, 0.15) is 52.4 Å². The molecule has 176 valence electrons. The number of benzene rings is 2. The molecule has 1 atom stereocenters. The van der Waals surface area contributed by atoms with E-state index < -0.39 is 5.97 Å². The molecular weight excluding hydrogens is 418 g/mol. The van der Waals surface area contributed by atoms with E-state index >= 15 is 0 Å². The number of H-pyrrole nitrogens is 1. The van der Waals surface area contributed by atoms with Crippen LogP contribution in [0.5, 0.6) is 5.75 Å². The summed E-state index contributed by atoms with van der Waals surface area (Å²) in [5.41, 5.74) is 5.78. The Morgan fingerprint density at radius 3 is 2.85 bits per heavy atom. The molecule has 33 heavy (non-hydrogen) atoms. The van der Waals surface area contributed by atoms with Crippen LogP contribution in [0.15, 0.2) is 36.5 Å². The molecule has 2 heterocycles. The average Bonchev–Trinajstić information content (AvgIpc) is 3.32. The fraction of sp³-hybridized carbons (Fsp3) is 0.423. The number of anilines is 1. The molecule has 1 saturated heterocycles. The number of rotatable bonds is 9. The number of ether oxygens (including phenoxy) is 2. The SMILES string of the molecule is COCCNc1cc(C(=O)O)ccc1[C@H]1CCCCN1Cc1c(OC)cc(C)c2[nH]ccc12. The molecule has 3 aromatic rings. The van der Waals surface area contributed by atoms with E-state index in [1.807, 2.05) is 12.3 Å². The van der Waals surface area contributed by atoms with Gasteiger partial charge in [0, 0.05) is 54.6 Å². The predicted octanol–water partition coefficient (Wildman–Crippen LogP) is 4.97. The third-order valence-corrected chi connectivity index (χ3v) is 6.59. The number of piperidine rings is 1. The zero-order valence-electron chi connectivity index (χ0n) is 19.6. The molecule has 0 saturated carbocycles.